The van der Waals surface area contributed by atoms with Gasteiger partial charge in [0.1, 0.15) is 5.84 Å². The summed E-state index contributed by atoms with van der Waals surface area (Å²) >= 11 is 0. The number of fused-ring (bicyclic) bond motifs is 2. The number of hydrogen-bond donors (Lipinski definition) is 3. The van der Waals surface area contributed by atoms with Gasteiger partial charge in [-0.1, -0.05) is 13.8 Å². The van der Waals surface area contributed by atoms with Crippen molar-refractivity contribution in [3.8, 4) is 0 Å². The Balaban J connectivity index is 1.25. The Labute approximate surface area is 212 Å². The fourth-order valence-electron chi connectivity index (χ4n) is 8.07. The van der Waals surface area contributed by atoms with Crippen LogP contribution in [0, 0.1) is 39.9 Å². The van der Waals surface area contributed by atoms with Crippen molar-refractivity contribution in [1.82, 2.24) is 4.90 Å². The lowest BCUT2D eigenvalue weighted by Crippen LogP contribution is -2.48. The molecule has 3 aliphatic carbocycles. The van der Waals surface area contributed by atoms with Gasteiger partial charge in [-0.05, 0) is 118 Å². The molecule has 3 atom stereocenters. The summed E-state index contributed by atoms with van der Waals surface area (Å²) in [7, 11) is 1.67. The molecule has 0 radical (unpaired) electrons. The predicted octanol–water partition coefficient (Wildman–Crippen LogP) is 4.81. The van der Waals surface area contributed by atoms with Crippen LogP contribution in [0.4, 0.5) is 0 Å². The Morgan fingerprint density at radius 3 is 2.29 bits per heavy atom. The van der Waals surface area contributed by atoms with Crippen molar-refractivity contribution in [2.45, 2.75) is 72.1 Å². The monoisotopic (exact) mass is 480 g/mol. The molecule has 4 fully saturated rings. The zero-order chi connectivity index (χ0) is 25.2. The molecule has 0 aromatic carbocycles. The van der Waals surface area contributed by atoms with E-state index in [1.165, 1.54) is 71.0 Å². The van der Waals surface area contributed by atoms with E-state index in [1.807, 2.05) is 0 Å². The molecule has 0 aromatic heterocycles. The van der Waals surface area contributed by atoms with Gasteiger partial charge in [0.25, 0.3) is 0 Å². The van der Waals surface area contributed by atoms with Gasteiger partial charge in [0, 0.05) is 37.6 Å². The van der Waals surface area contributed by atoms with Crippen LogP contribution < -0.4 is 11.5 Å². The second-order valence-corrected chi connectivity index (χ2v) is 12.7. The Morgan fingerprint density at radius 2 is 1.69 bits per heavy atom. The van der Waals surface area contributed by atoms with Gasteiger partial charge in [0.05, 0.1) is 5.71 Å². The van der Waals surface area contributed by atoms with Crippen molar-refractivity contribution in [2.75, 3.05) is 33.2 Å². The van der Waals surface area contributed by atoms with Crippen LogP contribution in [0.2, 0.25) is 0 Å². The van der Waals surface area contributed by atoms with Crippen LogP contribution in [0.25, 0.3) is 0 Å². The largest absolute Gasteiger partial charge is 0.402 e. The van der Waals surface area contributed by atoms with Gasteiger partial charge < -0.3 is 21.8 Å². The summed E-state index contributed by atoms with van der Waals surface area (Å²) in [5.74, 6) is 3.95. The van der Waals surface area contributed by atoms with Crippen molar-refractivity contribution in [3.05, 3.63) is 23.4 Å². The number of piperidine rings is 1. The van der Waals surface area contributed by atoms with E-state index in [9.17, 15) is 0 Å². The predicted molar refractivity (Wildman–Crippen MR) is 148 cm³/mol. The van der Waals surface area contributed by atoms with Gasteiger partial charge in [-0.25, -0.2) is 0 Å². The fraction of sp³-hybridized carbons (Fsp3) is 0.759. The number of nitrogens with two attached hydrogens (primary N) is 2. The van der Waals surface area contributed by atoms with Crippen molar-refractivity contribution >= 4 is 17.8 Å². The van der Waals surface area contributed by atoms with Gasteiger partial charge in [-0.15, -0.1) is 0 Å². The Hall–Kier alpha value is -1.95. The first-order valence-electron chi connectivity index (χ1n) is 13.8. The number of allylic oxidation sites excluding steroid dienone is 3. The zero-order valence-corrected chi connectivity index (χ0v) is 22.5. The van der Waals surface area contributed by atoms with Gasteiger partial charge in [0.15, 0.2) is 0 Å². The third kappa shape index (κ3) is 6.25. The lowest BCUT2D eigenvalue weighted by Gasteiger charge is -2.52. The SMILES string of the molecule is CN=CC(C(=N)/C=C\C(N)=NCC1CC12CCN(CC13CC(C)CC(CC(C)C1)C3)CC2)=C(C)N. The molecule has 0 amide bonds. The first kappa shape index (κ1) is 26.1. The summed E-state index contributed by atoms with van der Waals surface area (Å²) in [6.07, 6.45) is 16.2. The van der Waals surface area contributed by atoms with Gasteiger partial charge in [0.2, 0.25) is 0 Å². The second kappa shape index (κ2) is 10.6. The molecule has 1 spiro atoms. The molecule has 194 valence electrons. The molecule has 1 aliphatic heterocycles. The Morgan fingerprint density at radius 1 is 1.03 bits per heavy atom. The third-order valence-electron chi connectivity index (χ3n) is 9.41. The van der Waals surface area contributed by atoms with E-state index in [0.717, 1.165) is 24.3 Å². The molecule has 2 bridgehead atoms. The molecule has 4 aliphatic rings. The molecule has 6 heteroatoms. The van der Waals surface area contributed by atoms with Gasteiger partial charge in [-0.3, -0.25) is 9.98 Å². The lowest BCUT2D eigenvalue weighted by atomic mass is 9.56. The minimum absolute atomic E-state index is 0.300. The van der Waals surface area contributed by atoms with E-state index in [1.54, 1.807) is 32.3 Å². The highest BCUT2D eigenvalue weighted by molar-refractivity contribution is 6.21. The first-order valence-corrected chi connectivity index (χ1v) is 13.8. The van der Waals surface area contributed by atoms with E-state index < -0.39 is 0 Å². The van der Waals surface area contributed by atoms with E-state index in [0.29, 0.717) is 39.6 Å². The highest BCUT2D eigenvalue weighted by atomic mass is 15.1. The maximum atomic E-state index is 8.20. The molecule has 6 nitrogen and oxygen atoms in total. The maximum Gasteiger partial charge on any atom is 0.118 e. The minimum atomic E-state index is 0.300. The van der Waals surface area contributed by atoms with Crippen LogP contribution in [0.3, 0.4) is 0 Å². The number of rotatable bonds is 8. The van der Waals surface area contributed by atoms with Crippen LogP contribution in [-0.2, 0) is 0 Å². The summed E-state index contributed by atoms with van der Waals surface area (Å²) in [5.41, 5.74) is 14.6. The molecule has 3 unspecified atom stereocenters. The number of nitrogens with zero attached hydrogens (tertiary/aromatic N) is 3. The normalized spacial score (nSPS) is 36.1. The van der Waals surface area contributed by atoms with Crippen LogP contribution in [-0.4, -0.2) is 55.9 Å². The average molecular weight is 481 g/mol. The molecular weight excluding hydrogens is 432 g/mol. The van der Waals surface area contributed by atoms with Gasteiger partial charge in [-0.2, -0.15) is 0 Å². The summed E-state index contributed by atoms with van der Waals surface area (Å²) in [6, 6.07) is 0. The maximum absolute atomic E-state index is 8.20. The van der Waals surface area contributed by atoms with E-state index >= 15 is 0 Å². The Kier molecular flexibility index (Phi) is 7.89. The summed E-state index contributed by atoms with van der Waals surface area (Å²) in [6.45, 7) is 11.4. The second-order valence-electron chi connectivity index (χ2n) is 12.7. The van der Waals surface area contributed by atoms with Crippen molar-refractivity contribution in [1.29, 1.82) is 5.41 Å². The van der Waals surface area contributed by atoms with E-state index in [4.69, 9.17) is 16.9 Å². The van der Waals surface area contributed by atoms with Crippen molar-refractivity contribution in [2.24, 2.45) is 56.0 Å². The van der Waals surface area contributed by atoms with Crippen LogP contribution in [0.15, 0.2) is 33.4 Å². The number of amidine groups is 1. The average Bonchev–Trinajstić information content (AvgIpc) is 3.46. The standard InChI is InChI=1S/C29H48N6/c1-20-11-23-12-21(2)14-28(13-20,15-23)19-35-9-7-29(8-10-35)16-24(29)17-34-27(32)6-5-26(31)25(18-33-4)22(3)30/h5-6,18,20-21,23-24,31H,7-17,19,30H2,1-4H3,(H2,32,34)/b6-5-,25-22?,31-26?,33-18?. The van der Waals surface area contributed by atoms with Crippen molar-refractivity contribution in [3.63, 3.8) is 0 Å². The zero-order valence-electron chi connectivity index (χ0n) is 22.5. The topological polar surface area (TPSA) is 104 Å². The van der Waals surface area contributed by atoms with E-state index in [-0.39, 0.29) is 0 Å². The van der Waals surface area contributed by atoms with Crippen molar-refractivity contribution < 1.29 is 0 Å². The highest BCUT2D eigenvalue weighted by Crippen LogP contribution is 2.60. The quantitative estimate of drug-likeness (QED) is 0.343. The number of hydrogen-bond acceptors (Lipinski definition) is 5. The van der Waals surface area contributed by atoms with Crippen LogP contribution in [0.5, 0.6) is 0 Å². The third-order valence-corrected chi connectivity index (χ3v) is 9.41. The minimum Gasteiger partial charge on any atom is -0.402 e. The summed E-state index contributed by atoms with van der Waals surface area (Å²) in [4.78, 5) is 11.4. The molecule has 3 saturated carbocycles. The number of nitrogens with one attached hydrogen (secondary N) is 1. The fourth-order valence-corrected chi connectivity index (χ4v) is 8.07. The molecular formula is C29H48N6. The number of aliphatic imine (C=N–C) groups is 2. The summed E-state index contributed by atoms with van der Waals surface area (Å²) in [5, 5.41) is 8.20. The Bertz CT molecular complexity index is 881. The molecule has 35 heavy (non-hydrogen) atoms. The van der Waals surface area contributed by atoms with Crippen LogP contribution in [0.1, 0.15) is 72.1 Å². The first-order chi connectivity index (χ1) is 16.6. The summed E-state index contributed by atoms with van der Waals surface area (Å²) < 4.78 is 0. The van der Waals surface area contributed by atoms with Crippen LogP contribution >= 0.6 is 0 Å². The lowest BCUT2D eigenvalue weighted by molar-refractivity contribution is -0.0181. The number of likely N-dealkylation sites (tertiary alicyclic amines) is 1. The molecule has 1 heterocycles. The molecule has 4 rings (SSSR count). The molecule has 5 N–H and O–H groups in total. The molecule has 1 saturated heterocycles. The van der Waals surface area contributed by atoms with Gasteiger partial charge >= 0.3 is 0 Å². The molecule has 0 aromatic rings. The smallest absolute Gasteiger partial charge is 0.118 e. The highest BCUT2D eigenvalue weighted by Gasteiger charge is 2.55. The van der Waals surface area contributed by atoms with E-state index in [2.05, 4.69) is 28.7 Å².